The van der Waals surface area contributed by atoms with E-state index in [1.165, 1.54) is 12.1 Å². The molecule has 0 saturated carbocycles. The molecule has 98 valence electrons. The Hall–Kier alpha value is -1.69. The Morgan fingerprint density at radius 1 is 0.737 bits per heavy atom. The van der Waals surface area contributed by atoms with Crippen LogP contribution in [0.2, 0.25) is 0 Å². The quantitative estimate of drug-likeness (QED) is 0.614. The van der Waals surface area contributed by atoms with Crippen LogP contribution >= 0.6 is 15.9 Å². The monoisotopic (exact) mass is 328 g/mol. The Bertz CT molecular complexity index is 574. The van der Waals surface area contributed by atoms with Crippen LogP contribution in [0.3, 0.4) is 0 Å². The zero-order valence-electron chi connectivity index (χ0n) is 9.53. The maximum atomic E-state index is 12.3. The molecule has 2 rings (SSSR count). The summed E-state index contributed by atoms with van der Waals surface area (Å²) in [7, 11) is 0. The average molecular weight is 329 g/mol. The molecule has 19 heavy (non-hydrogen) atoms. The van der Waals surface area contributed by atoms with Crippen molar-refractivity contribution in [3.05, 3.63) is 58.6 Å². The SMILES string of the molecule is FC(F)(F)c1ccc(/N=N/c2ccc(Br)cc2)cc1. The lowest BCUT2D eigenvalue weighted by Gasteiger charge is -2.05. The minimum Gasteiger partial charge on any atom is -0.166 e. The largest absolute Gasteiger partial charge is 0.416 e. The van der Waals surface area contributed by atoms with Crippen molar-refractivity contribution in [3.63, 3.8) is 0 Å². The number of alkyl halides is 3. The van der Waals surface area contributed by atoms with E-state index in [0.29, 0.717) is 11.4 Å². The molecule has 0 saturated heterocycles. The van der Waals surface area contributed by atoms with Gasteiger partial charge in [0.2, 0.25) is 0 Å². The third-order valence-electron chi connectivity index (χ3n) is 2.30. The smallest absolute Gasteiger partial charge is 0.166 e. The molecular weight excluding hydrogens is 321 g/mol. The summed E-state index contributed by atoms with van der Waals surface area (Å²) in [5.41, 5.74) is 0.300. The first-order chi connectivity index (χ1) is 8.95. The average Bonchev–Trinajstić information content (AvgIpc) is 2.37. The molecule has 0 spiro atoms. The van der Waals surface area contributed by atoms with Gasteiger partial charge in [-0.05, 0) is 48.5 Å². The van der Waals surface area contributed by atoms with Crippen LogP contribution in [0.5, 0.6) is 0 Å². The second-order valence-electron chi connectivity index (χ2n) is 3.72. The van der Waals surface area contributed by atoms with Crippen LogP contribution < -0.4 is 0 Å². The summed E-state index contributed by atoms with van der Waals surface area (Å²) in [6, 6.07) is 11.6. The lowest BCUT2D eigenvalue weighted by molar-refractivity contribution is -0.137. The third kappa shape index (κ3) is 3.89. The molecule has 0 amide bonds. The molecule has 0 heterocycles. The van der Waals surface area contributed by atoms with Gasteiger partial charge in [0.25, 0.3) is 0 Å². The Labute approximate surface area is 116 Å². The lowest BCUT2D eigenvalue weighted by Crippen LogP contribution is -2.03. The van der Waals surface area contributed by atoms with Gasteiger partial charge in [0.05, 0.1) is 16.9 Å². The van der Waals surface area contributed by atoms with Gasteiger partial charge in [0.1, 0.15) is 0 Å². The number of azo groups is 1. The van der Waals surface area contributed by atoms with Crippen molar-refractivity contribution < 1.29 is 13.2 Å². The Morgan fingerprint density at radius 2 is 1.16 bits per heavy atom. The number of halogens is 4. The molecule has 0 N–H and O–H groups in total. The molecule has 0 aromatic heterocycles. The second-order valence-corrected chi connectivity index (χ2v) is 4.64. The Kier molecular flexibility index (Phi) is 3.99. The molecule has 0 aliphatic rings. The number of benzene rings is 2. The van der Waals surface area contributed by atoms with Gasteiger partial charge < -0.3 is 0 Å². The van der Waals surface area contributed by atoms with Crippen LogP contribution in [-0.2, 0) is 6.18 Å². The molecule has 2 aromatic carbocycles. The summed E-state index contributed by atoms with van der Waals surface area (Å²) >= 11 is 3.29. The van der Waals surface area contributed by atoms with Gasteiger partial charge >= 0.3 is 6.18 Å². The van der Waals surface area contributed by atoms with Crippen molar-refractivity contribution >= 4 is 27.3 Å². The normalized spacial score (nSPS) is 12.0. The van der Waals surface area contributed by atoms with Crippen LogP contribution in [0.15, 0.2) is 63.2 Å². The van der Waals surface area contributed by atoms with Crippen molar-refractivity contribution in [2.75, 3.05) is 0 Å². The van der Waals surface area contributed by atoms with Crippen molar-refractivity contribution in [1.29, 1.82) is 0 Å². The van der Waals surface area contributed by atoms with Crippen LogP contribution in [0.25, 0.3) is 0 Å². The molecular formula is C13H8BrF3N2. The zero-order valence-corrected chi connectivity index (χ0v) is 11.1. The fraction of sp³-hybridized carbons (Fsp3) is 0.0769. The van der Waals surface area contributed by atoms with E-state index < -0.39 is 11.7 Å². The van der Waals surface area contributed by atoms with Gasteiger partial charge in [-0.25, -0.2) is 0 Å². The number of hydrogen-bond acceptors (Lipinski definition) is 2. The van der Waals surface area contributed by atoms with Gasteiger partial charge in [-0.3, -0.25) is 0 Å². The van der Waals surface area contributed by atoms with E-state index in [1.807, 2.05) is 0 Å². The van der Waals surface area contributed by atoms with Crippen molar-refractivity contribution in [3.8, 4) is 0 Å². The van der Waals surface area contributed by atoms with Crippen molar-refractivity contribution in [1.82, 2.24) is 0 Å². The first-order valence-electron chi connectivity index (χ1n) is 5.30. The van der Waals surface area contributed by atoms with E-state index in [1.54, 1.807) is 24.3 Å². The summed E-state index contributed by atoms with van der Waals surface area (Å²) in [4.78, 5) is 0. The molecule has 2 aromatic rings. The molecule has 0 radical (unpaired) electrons. The predicted molar refractivity (Wildman–Crippen MR) is 69.8 cm³/mol. The molecule has 6 heteroatoms. The van der Waals surface area contributed by atoms with Crippen LogP contribution in [-0.4, -0.2) is 0 Å². The summed E-state index contributed by atoms with van der Waals surface area (Å²) in [5.74, 6) is 0. The maximum absolute atomic E-state index is 12.3. The van der Waals surface area contributed by atoms with Crippen LogP contribution in [0.4, 0.5) is 24.5 Å². The van der Waals surface area contributed by atoms with E-state index in [4.69, 9.17) is 0 Å². The first-order valence-corrected chi connectivity index (χ1v) is 6.09. The van der Waals surface area contributed by atoms with Crippen LogP contribution in [0, 0.1) is 0 Å². The van der Waals surface area contributed by atoms with Gasteiger partial charge in [-0.15, -0.1) is 0 Å². The van der Waals surface area contributed by atoms with E-state index >= 15 is 0 Å². The van der Waals surface area contributed by atoms with Gasteiger partial charge in [0, 0.05) is 4.47 Å². The topological polar surface area (TPSA) is 24.7 Å². The van der Waals surface area contributed by atoms with Gasteiger partial charge in [0.15, 0.2) is 0 Å². The lowest BCUT2D eigenvalue weighted by atomic mass is 10.2. The maximum Gasteiger partial charge on any atom is 0.416 e. The molecule has 0 aliphatic carbocycles. The second kappa shape index (κ2) is 5.52. The molecule has 0 atom stereocenters. The molecule has 0 fully saturated rings. The first kappa shape index (κ1) is 13.7. The number of rotatable bonds is 2. The van der Waals surface area contributed by atoms with E-state index in [9.17, 15) is 13.2 Å². The zero-order chi connectivity index (χ0) is 13.9. The van der Waals surface area contributed by atoms with E-state index in [0.717, 1.165) is 16.6 Å². The highest BCUT2D eigenvalue weighted by atomic mass is 79.9. The van der Waals surface area contributed by atoms with Crippen molar-refractivity contribution in [2.45, 2.75) is 6.18 Å². The highest BCUT2D eigenvalue weighted by molar-refractivity contribution is 9.10. The third-order valence-corrected chi connectivity index (χ3v) is 2.83. The number of nitrogens with zero attached hydrogens (tertiary/aromatic N) is 2. The fourth-order valence-corrected chi connectivity index (χ4v) is 1.60. The van der Waals surface area contributed by atoms with Crippen molar-refractivity contribution in [2.24, 2.45) is 10.2 Å². The van der Waals surface area contributed by atoms with E-state index in [-0.39, 0.29) is 0 Å². The standard InChI is InChI=1S/C13H8BrF3N2/c14-10-3-7-12(8-4-10)19-18-11-5-1-9(2-6-11)13(15,16)17/h1-8H/b19-18+. The Morgan fingerprint density at radius 3 is 1.58 bits per heavy atom. The molecule has 2 nitrogen and oxygen atoms in total. The summed E-state index contributed by atoms with van der Waals surface area (Å²) < 4.78 is 38.0. The Balaban J connectivity index is 2.13. The molecule has 0 aliphatic heterocycles. The number of hydrogen-bond donors (Lipinski definition) is 0. The van der Waals surface area contributed by atoms with E-state index in [2.05, 4.69) is 26.2 Å². The van der Waals surface area contributed by atoms with Gasteiger partial charge in [-0.2, -0.15) is 23.4 Å². The predicted octanol–water partition coefficient (Wildman–Crippen LogP) is 5.88. The summed E-state index contributed by atoms with van der Waals surface area (Å²) in [5, 5.41) is 7.80. The minimum absolute atomic E-state index is 0.371. The summed E-state index contributed by atoms with van der Waals surface area (Å²) in [6.07, 6.45) is -4.33. The minimum atomic E-state index is -4.33. The highest BCUT2D eigenvalue weighted by Gasteiger charge is 2.29. The van der Waals surface area contributed by atoms with Gasteiger partial charge in [-0.1, -0.05) is 15.9 Å². The summed E-state index contributed by atoms with van der Waals surface area (Å²) in [6.45, 7) is 0. The fourth-order valence-electron chi connectivity index (χ4n) is 1.34. The molecule has 0 bridgehead atoms. The van der Waals surface area contributed by atoms with Crippen LogP contribution in [0.1, 0.15) is 5.56 Å². The highest BCUT2D eigenvalue weighted by Crippen LogP contribution is 2.30. The molecule has 0 unspecified atom stereocenters.